The number of nitro groups is 1. The molecule has 0 saturated carbocycles. The first-order valence-electron chi connectivity index (χ1n) is 5.15. The molecule has 0 atom stereocenters. The number of benzene rings is 1. The molecule has 0 spiro atoms. The fourth-order valence-corrected chi connectivity index (χ4v) is 2.67. The summed E-state index contributed by atoms with van der Waals surface area (Å²) in [6, 6.07) is 7.58. The Kier molecular flexibility index (Phi) is 3.82. The molecule has 0 aliphatic rings. The Bertz CT molecular complexity index is 653. The van der Waals surface area contributed by atoms with Crippen molar-refractivity contribution >= 4 is 34.6 Å². The fourth-order valence-electron chi connectivity index (χ4n) is 1.59. The molecule has 1 aromatic carbocycles. The van der Waals surface area contributed by atoms with Gasteiger partial charge in [-0.3, -0.25) is 10.1 Å². The zero-order chi connectivity index (χ0) is 14.0. The van der Waals surface area contributed by atoms with Crippen LogP contribution in [0.3, 0.4) is 0 Å². The molecule has 0 saturated heterocycles. The lowest BCUT2D eigenvalue weighted by molar-refractivity contribution is -0.384. The number of halogens is 1. The average molecular weight is 298 g/mol. The van der Waals surface area contributed by atoms with Gasteiger partial charge in [0, 0.05) is 10.9 Å². The lowest BCUT2D eigenvalue weighted by atomic mass is 10.1. The van der Waals surface area contributed by atoms with Gasteiger partial charge in [-0.25, -0.2) is 4.79 Å². The molecule has 2 rings (SSSR count). The number of rotatable bonds is 3. The molecule has 7 heteroatoms. The van der Waals surface area contributed by atoms with E-state index in [4.69, 9.17) is 11.6 Å². The third-order valence-electron chi connectivity index (χ3n) is 2.45. The molecule has 0 radical (unpaired) electrons. The third kappa shape index (κ3) is 2.74. The van der Waals surface area contributed by atoms with Gasteiger partial charge in [-0.1, -0.05) is 11.6 Å². The van der Waals surface area contributed by atoms with Gasteiger partial charge in [-0.05, 0) is 24.3 Å². The van der Waals surface area contributed by atoms with Crippen LogP contribution in [0.15, 0.2) is 30.3 Å². The Morgan fingerprint density at radius 1 is 1.37 bits per heavy atom. The molecule has 0 aliphatic carbocycles. The molecule has 5 nitrogen and oxygen atoms in total. The van der Waals surface area contributed by atoms with Gasteiger partial charge in [-0.15, -0.1) is 11.3 Å². The van der Waals surface area contributed by atoms with Crippen molar-refractivity contribution in [1.29, 1.82) is 0 Å². The van der Waals surface area contributed by atoms with Crippen molar-refractivity contribution in [2.24, 2.45) is 0 Å². The van der Waals surface area contributed by atoms with E-state index in [9.17, 15) is 14.9 Å². The van der Waals surface area contributed by atoms with Crippen molar-refractivity contribution in [2.45, 2.75) is 0 Å². The van der Waals surface area contributed by atoms with E-state index in [1.165, 1.54) is 36.6 Å². The Hall–Kier alpha value is -1.92. The molecular weight excluding hydrogens is 290 g/mol. The molecule has 98 valence electrons. The van der Waals surface area contributed by atoms with Gasteiger partial charge >= 0.3 is 5.97 Å². The topological polar surface area (TPSA) is 69.4 Å². The van der Waals surface area contributed by atoms with E-state index < -0.39 is 10.9 Å². The molecule has 2 aromatic rings. The number of hydrogen-bond donors (Lipinski definition) is 0. The summed E-state index contributed by atoms with van der Waals surface area (Å²) >= 11 is 7.06. The maximum Gasteiger partial charge on any atom is 0.338 e. The number of carbonyl (C=O) groups is 1. The molecular formula is C12H8ClNO4S. The summed E-state index contributed by atoms with van der Waals surface area (Å²) in [5, 5.41) is 11.1. The Morgan fingerprint density at radius 3 is 2.63 bits per heavy atom. The molecule has 1 heterocycles. The number of carbonyl (C=O) groups excluding carboxylic acids is 1. The van der Waals surface area contributed by atoms with E-state index in [1.807, 2.05) is 0 Å². The minimum absolute atomic E-state index is 0.139. The standard InChI is InChI=1S/C12H8ClNO4S/c1-18-12(15)7-2-3-8(9(6-7)14(16)17)10-4-5-11(13)19-10/h2-6H,1H3. The maximum atomic E-state index is 11.4. The second-order valence-corrected chi connectivity index (χ2v) is 5.30. The normalized spacial score (nSPS) is 10.2. The van der Waals surface area contributed by atoms with Gasteiger partial charge < -0.3 is 4.74 Å². The van der Waals surface area contributed by atoms with Crippen molar-refractivity contribution < 1.29 is 14.5 Å². The summed E-state index contributed by atoms with van der Waals surface area (Å²) in [4.78, 5) is 22.6. The zero-order valence-corrected chi connectivity index (χ0v) is 11.3. The van der Waals surface area contributed by atoms with E-state index in [-0.39, 0.29) is 11.3 Å². The minimum atomic E-state index is -0.612. The van der Waals surface area contributed by atoms with Crippen LogP contribution in [0.1, 0.15) is 10.4 Å². The Morgan fingerprint density at radius 2 is 2.11 bits per heavy atom. The molecule has 0 fully saturated rings. The molecule has 0 N–H and O–H groups in total. The second-order valence-electron chi connectivity index (χ2n) is 3.58. The monoisotopic (exact) mass is 297 g/mol. The number of hydrogen-bond acceptors (Lipinski definition) is 5. The number of methoxy groups -OCH3 is 1. The van der Waals surface area contributed by atoms with Gasteiger partial charge in [0.15, 0.2) is 0 Å². The summed E-state index contributed by atoms with van der Waals surface area (Å²) in [6.45, 7) is 0. The van der Waals surface area contributed by atoms with E-state index >= 15 is 0 Å². The minimum Gasteiger partial charge on any atom is -0.465 e. The molecule has 19 heavy (non-hydrogen) atoms. The van der Waals surface area contributed by atoms with Crippen molar-refractivity contribution in [3.8, 4) is 10.4 Å². The SMILES string of the molecule is COC(=O)c1ccc(-c2ccc(Cl)s2)c([N+](=O)[O-])c1. The molecule has 0 bridgehead atoms. The zero-order valence-electron chi connectivity index (χ0n) is 9.75. The predicted octanol–water partition coefficient (Wildman–Crippen LogP) is 3.76. The molecule has 0 unspecified atom stereocenters. The molecule has 0 aliphatic heterocycles. The Labute approximate surface area is 117 Å². The van der Waals surface area contributed by atoms with Crippen molar-refractivity contribution in [3.63, 3.8) is 0 Å². The highest BCUT2D eigenvalue weighted by atomic mass is 35.5. The summed E-state index contributed by atoms with van der Waals surface area (Å²) in [7, 11) is 1.22. The van der Waals surface area contributed by atoms with E-state index in [0.29, 0.717) is 14.8 Å². The number of nitrogens with zero attached hydrogens (tertiary/aromatic N) is 1. The van der Waals surface area contributed by atoms with Crippen molar-refractivity contribution in [3.05, 3.63) is 50.3 Å². The van der Waals surface area contributed by atoms with Gasteiger partial charge in [-0.2, -0.15) is 0 Å². The first-order chi connectivity index (χ1) is 9.02. The quantitative estimate of drug-likeness (QED) is 0.491. The highest BCUT2D eigenvalue weighted by Crippen LogP contribution is 2.37. The highest BCUT2D eigenvalue weighted by Gasteiger charge is 2.20. The molecule has 0 amide bonds. The largest absolute Gasteiger partial charge is 0.465 e. The number of ether oxygens (including phenoxy) is 1. The van der Waals surface area contributed by atoms with Crippen LogP contribution in [0, 0.1) is 10.1 Å². The van der Waals surface area contributed by atoms with Crippen LogP contribution in [0.4, 0.5) is 5.69 Å². The lowest BCUT2D eigenvalue weighted by Crippen LogP contribution is -2.02. The first kappa shape index (κ1) is 13.5. The van der Waals surface area contributed by atoms with Crippen LogP contribution < -0.4 is 0 Å². The summed E-state index contributed by atoms with van der Waals surface area (Å²) < 4.78 is 5.08. The Balaban J connectivity index is 2.56. The predicted molar refractivity (Wildman–Crippen MR) is 72.8 cm³/mol. The summed E-state index contributed by atoms with van der Waals surface area (Å²) in [5.41, 5.74) is 0.413. The number of esters is 1. The lowest BCUT2D eigenvalue weighted by Gasteiger charge is -2.03. The van der Waals surface area contributed by atoms with Gasteiger partial charge in [0.1, 0.15) is 0 Å². The third-order valence-corrected chi connectivity index (χ3v) is 3.72. The smallest absolute Gasteiger partial charge is 0.338 e. The van der Waals surface area contributed by atoms with Crippen LogP contribution >= 0.6 is 22.9 Å². The van der Waals surface area contributed by atoms with E-state index in [0.717, 1.165) is 0 Å². The maximum absolute atomic E-state index is 11.4. The fraction of sp³-hybridized carbons (Fsp3) is 0.0833. The average Bonchev–Trinajstić information content (AvgIpc) is 2.83. The second kappa shape index (κ2) is 5.38. The van der Waals surface area contributed by atoms with E-state index in [1.54, 1.807) is 12.1 Å². The number of nitro benzene ring substituents is 1. The van der Waals surface area contributed by atoms with E-state index in [2.05, 4.69) is 4.74 Å². The highest BCUT2D eigenvalue weighted by molar-refractivity contribution is 7.19. The van der Waals surface area contributed by atoms with Gasteiger partial charge in [0.05, 0.1) is 27.5 Å². The van der Waals surface area contributed by atoms with Crippen LogP contribution in [0.5, 0.6) is 0 Å². The van der Waals surface area contributed by atoms with Crippen LogP contribution in [0.2, 0.25) is 4.34 Å². The van der Waals surface area contributed by atoms with Gasteiger partial charge in [0.25, 0.3) is 5.69 Å². The van der Waals surface area contributed by atoms with Crippen LogP contribution in [0.25, 0.3) is 10.4 Å². The summed E-state index contributed by atoms with van der Waals surface area (Å²) in [5.74, 6) is -0.612. The number of thiophene rings is 1. The van der Waals surface area contributed by atoms with Crippen molar-refractivity contribution in [2.75, 3.05) is 7.11 Å². The first-order valence-corrected chi connectivity index (χ1v) is 6.35. The molecule has 1 aromatic heterocycles. The summed E-state index contributed by atoms with van der Waals surface area (Å²) in [6.07, 6.45) is 0. The van der Waals surface area contributed by atoms with Crippen molar-refractivity contribution in [1.82, 2.24) is 0 Å². The van der Waals surface area contributed by atoms with Gasteiger partial charge in [0.2, 0.25) is 0 Å². The van der Waals surface area contributed by atoms with Crippen LogP contribution in [-0.4, -0.2) is 18.0 Å². The van der Waals surface area contributed by atoms with Crippen LogP contribution in [-0.2, 0) is 4.74 Å².